The van der Waals surface area contributed by atoms with Gasteiger partial charge in [-0.15, -0.1) is 0 Å². The van der Waals surface area contributed by atoms with Crippen LogP contribution in [0.2, 0.25) is 0 Å². The van der Waals surface area contributed by atoms with Crippen molar-refractivity contribution in [2.45, 2.75) is 187 Å². The number of rotatable bonds is 14. The molecule has 1 nitrogen and oxygen atoms in total. The highest BCUT2D eigenvalue weighted by molar-refractivity contribution is 14.1. The van der Waals surface area contributed by atoms with E-state index < -0.39 is 0 Å². The van der Waals surface area contributed by atoms with Crippen LogP contribution in [-0.2, 0) is 5.41 Å². The topological polar surface area (TPSA) is 20.2 Å². The van der Waals surface area contributed by atoms with Gasteiger partial charge in [0.15, 0.2) is 0 Å². The van der Waals surface area contributed by atoms with Crippen LogP contribution in [0.25, 0.3) is 0 Å². The molecule has 0 radical (unpaired) electrons. The molecule has 8 aliphatic rings. The van der Waals surface area contributed by atoms with Crippen LogP contribution in [0, 0.1) is 42.0 Å². The van der Waals surface area contributed by atoms with E-state index >= 15 is 0 Å². The third-order valence-corrected chi connectivity index (χ3v) is 16.4. The fourth-order valence-electron chi connectivity index (χ4n) is 15.5. The molecule has 1 aromatic rings. The molecule has 0 aliphatic heterocycles. The first kappa shape index (κ1) is 32.3. The van der Waals surface area contributed by atoms with Gasteiger partial charge >= 0.3 is 0 Å². The van der Waals surface area contributed by atoms with Gasteiger partial charge in [-0.3, -0.25) is 0 Å². The molecule has 8 fully saturated rings. The van der Waals surface area contributed by atoms with Crippen molar-refractivity contribution in [3.63, 3.8) is 0 Å². The van der Waals surface area contributed by atoms with Gasteiger partial charge in [0.1, 0.15) is 5.75 Å². The lowest BCUT2D eigenvalue weighted by Gasteiger charge is -2.80. The van der Waals surface area contributed by atoms with Crippen LogP contribution < -0.4 is 0 Å². The Hall–Kier alpha value is -0.250. The predicted octanol–water partition coefficient (Wildman–Crippen LogP) is 13.3. The normalized spacial score (nSPS) is 45.0. The molecular formula is C42H65IO. The average molecular weight is 713 g/mol. The fourth-order valence-corrected chi connectivity index (χ4v) is 16.0. The summed E-state index contributed by atoms with van der Waals surface area (Å²) >= 11 is 2.42. The van der Waals surface area contributed by atoms with Crippen molar-refractivity contribution >= 4 is 22.6 Å². The van der Waals surface area contributed by atoms with Gasteiger partial charge in [0.2, 0.25) is 0 Å². The molecule has 0 aromatic heterocycles. The van der Waals surface area contributed by atoms with Crippen molar-refractivity contribution in [2.24, 2.45) is 38.4 Å². The van der Waals surface area contributed by atoms with Gasteiger partial charge in [0.25, 0.3) is 0 Å². The molecule has 1 N–H and O–H groups in total. The maximum atomic E-state index is 10.7. The minimum absolute atomic E-state index is 0.306. The number of phenols is 1. The van der Waals surface area contributed by atoms with Gasteiger partial charge in [-0.05, 0) is 187 Å². The van der Waals surface area contributed by atoms with E-state index in [1.807, 2.05) is 0 Å². The molecule has 1 aromatic carbocycles. The van der Waals surface area contributed by atoms with Gasteiger partial charge < -0.3 is 5.11 Å². The maximum Gasteiger partial charge on any atom is 0.128 e. The Morgan fingerprint density at radius 3 is 1.57 bits per heavy atom. The minimum atomic E-state index is 0.306. The first-order valence-electron chi connectivity index (χ1n) is 19.5. The van der Waals surface area contributed by atoms with Crippen LogP contribution in [0.1, 0.15) is 187 Å². The summed E-state index contributed by atoms with van der Waals surface area (Å²) in [5.74, 6) is 1.48. The van der Waals surface area contributed by atoms with Gasteiger partial charge in [0, 0.05) is 0 Å². The lowest BCUT2D eigenvalue weighted by Crippen LogP contribution is -2.70. The van der Waals surface area contributed by atoms with Crippen LogP contribution in [0.4, 0.5) is 0 Å². The van der Waals surface area contributed by atoms with Crippen LogP contribution in [-0.4, -0.2) is 5.11 Å². The fraction of sp³-hybridized carbons (Fsp3) is 0.857. The number of hydrogen-bond donors (Lipinski definition) is 1. The van der Waals surface area contributed by atoms with E-state index in [1.165, 1.54) is 103 Å². The Labute approximate surface area is 285 Å². The quantitative estimate of drug-likeness (QED) is 0.190. The zero-order chi connectivity index (χ0) is 30.9. The van der Waals surface area contributed by atoms with Crippen molar-refractivity contribution < 1.29 is 5.11 Å². The first-order valence-corrected chi connectivity index (χ1v) is 20.6. The largest absolute Gasteiger partial charge is 0.507 e. The number of hydrogen-bond acceptors (Lipinski definition) is 1. The lowest BCUT2D eigenvalue weighted by molar-refractivity contribution is -0.283. The SMILES string of the molecule is CCCCC12CC3CC(CCCC)(C1)CC(C14CC5(CCCC)CC(CCCC)(CC(c6ccc(O)c(I)c6)(C5)C1)C4)(C3)C2. The third-order valence-electron chi connectivity index (χ3n) is 15.5. The molecule has 0 saturated heterocycles. The molecule has 8 saturated carbocycles. The molecule has 2 heteroatoms. The van der Waals surface area contributed by atoms with Crippen LogP contribution in [0.3, 0.4) is 0 Å². The van der Waals surface area contributed by atoms with Crippen LogP contribution in [0.15, 0.2) is 18.2 Å². The van der Waals surface area contributed by atoms with Crippen molar-refractivity contribution in [1.82, 2.24) is 0 Å². The van der Waals surface area contributed by atoms with Crippen molar-refractivity contribution in [1.29, 1.82) is 0 Å². The predicted molar refractivity (Wildman–Crippen MR) is 194 cm³/mol. The molecule has 4 atom stereocenters. The summed E-state index contributed by atoms with van der Waals surface area (Å²) in [6, 6.07) is 6.90. The van der Waals surface area contributed by atoms with Crippen molar-refractivity contribution in [3.8, 4) is 5.75 Å². The summed E-state index contributed by atoms with van der Waals surface area (Å²) in [5.41, 5.74) is 5.33. The number of aromatic hydroxyl groups is 1. The Bertz CT molecular complexity index is 1170. The van der Waals surface area contributed by atoms with E-state index in [0.29, 0.717) is 43.7 Å². The second-order valence-electron chi connectivity index (χ2n) is 19.0. The molecule has 0 heterocycles. The summed E-state index contributed by atoms with van der Waals surface area (Å²) < 4.78 is 1.07. The molecule has 9 rings (SSSR count). The van der Waals surface area contributed by atoms with E-state index in [-0.39, 0.29) is 0 Å². The number of unbranched alkanes of at least 4 members (excludes halogenated alkanes) is 4. The summed E-state index contributed by atoms with van der Waals surface area (Å²) in [7, 11) is 0. The Balaban J connectivity index is 1.39. The van der Waals surface area contributed by atoms with Crippen LogP contribution in [0.5, 0.6) is 5.75 Å². The summed E-state index contributed by atoms with van der Waals surface area (Å²) in [4.78, 5) is 0. The monoisotopic (exact) mass is 712 g/mol. The zero-order valence-electron chi connectivity index (χ0n) is 29.1. The summed E-state index contributed by atoms with van der Waals surface area (Å²) in [6.07, 6.45) is 35.6. The van der Waals surface area contributed by atoms with Crippen molar-refractivity contribution in [3.05, 3.63) is 27.3 Å². The van der Waals surface area contributed by atoms with E-state index in [2.05, 4.69) is 68.5 Å². The molecule has 0 amide bonds. The number of phenolic OH excluding ortho intramolecular Hbond substituents is 1. The van der Waals surface area contributed by atoms with Crippen LogP contribution >= 0.6 is 22.6 Å². The smallest absolute Gasteiger partial charge is 0.128 e. The summed E-state index contributed by atoms with van der Waals surface area (Å²) in [5, 5.41) is 10.7. The Morgan fingerprint density at radius 2 is 1.07 bits per heavy atom. The van der Waals surface area contributed by atoms with E-state index in [1.54, 1.807) is 56.9 Å². The van der Waals surface area contributed by atoms with Crippen molar-refractivity contribution in [2.75, 3.05) is 0 Å². The standard InChI is InChI=1S/C42H65IO/c1-5-9-15-36-20-32-21-37(23-36,16-10-6-2)28-41(22-32,27-36)42-29-38(17-11-7-3)24-39(30-42,18-12-8-4)26-40(25-38,31-42)33-13-14-35(44)34(43)19-33/h13-14,19,32,44H,5-12,15-18,20-31H2,1-4H3. The Morgan fingerprint density at radius 1 is 0.591 bits per heavy atom. The van der Waals surface area contributed by atoms with Gasteiger partial charge in [-0.25, -0.2) is 0 Å². The molecule has 0 spiro atoms. The first-order chi connectivity index (χ1) is 21.1. The molecule has 8 bridgehead atoms. The zero-order valence-corrected chi connectivity index (χ0v) is 31.3. The molecular weight excluding hydrogens is 647 g/mol. The third kappa shape index (κ3) is 5.09. The number of benzene rings is 1. The molecule has 8 aliphatic carbocycles. The number of halogens is 1. The highest BCUT2D eigenvalue weighted by Gasteiger charge is 2.76. The van der Waals surface area contributed by atoms with Gasteiger partial charge in [0.05, 0.1) is 3.57 Å². The molecule has 44 heavy (non-hydrogen) atoms. The lowest BCUT2D eigenvalue weighted by atomic mass is 9.25. The summed E-state index contributed by atoms with van der Waals surface area (Å²) in [6.45, 7) is 9.77. The second kappa shape index (κ2) is 11.4. The second-order valence-corrected chi connectivity index (χ2v) is 20.2. The Kier molecular flexibility index (Phi) is 8.39. The van der Waals surface area contributed by atoms with Gasteiger partial charge in [-0.2, -0.15) is 0 Å². The highest BCUT2D eigenvalue weighted by Crippen LogP contribution is 2.85. The average Bonchev–Trinajstić information content (AvgIpc) is 2.97. The van der Waals surface area contributed by atoms with E-state index in [9.17, 15) is 5.11 Å². The van der Waals surface area contributed by atoms with Gasteiger partial charge in [-0.1, -0.05) is 85.1 Å². The maximum absolute atomic E-state index is 10.7. The van der Waals surface area contributed by atoms with E-state index in [4.69, 9.17) is 0 Å². The van der Waals surface area contributed by atoms with E-state index in [0.717, 1.165) is 9.49 Å². The molecule has 246 valence electrons. The highest BCUT2D eigenvalue weighted by atomic mass is 127. The molecule has 4 unspecified atom stereocenters. The minimum Gasteiger partial charge on any atom is -0.507 e.